The Morgan fingerprint density at radius 3 is 2.23 bits per heavy atom. The molecule has 0 amide bonds. The number of H-pyrrole nitrogens is 1. The SMILES string of the molecule is COc1cccc(-c2c(N)c(=O)[nH]c3c2cc(-c2ccccc2)c2ccccc23)c1. The lowest BCUT2D eigenvalue weighted by Crippen LogP contribution is -2.13. The summed E-state index contributed by atoms with van der Waals surface area (Å²) in [5.41, 5.74) is 10.8. The zero-order valence-corrected chi connectivity index (χ0v) is 16.5. The van der Waals surface area contributed by atoms with Crippen LogP contribution in [-0.4, -0.2) is 12.1 Å². The lowest BCUT2D eigenvalue weighted by atomic mass is 9.91. The van der Waals surface area contributed by atoms with Crippen LogP contribution in [-0.2, 0) is 0 Å². The Bertz CT molecular complexity index is 1450. The molecule has 0 bridgehead atoms. The minimum atomic E-state index is -0.294. The first-order chi connectivity index (χ1) is 14.7. The van der Waals surface area contributed by atoms with E-state index < -0.39 is 0 Å². The summed E-state index contributed by atoms with van der Waals surface area (Å²) in [6, 6.07) is 28.1. The van der Waals surface area contributed by atoms with E-state index in [1.807, 2.05) is 60.7 Å². The Hall–Kier alpha value is -4.05. The second-order valence-electron chi connectivity index (χ2n) is 7.23. The van der Waals surface area contributed by atoms with Crippen LogP contribution in [0.1, 0.15) is 0 Å². The molecule has 0 saturated heterocycles. The molecule has 0 fully saturated rings. The summed E-state index contributed by atoms with van der Waals surface area (Å²) < 4.78 is 5.40. The number of aromatic nitrogens is 1. The van der Waals surface area contributed by atoms with Gasteiger partial charge in [0.05, 0.1) is 12.6 Å². The van der Waals surface area contributed by atoms with Gasteiger partial charge in [0.2, 0.25) is 0 Å². The number of benzene rings is 4. The average Bonchev–Trinajstić information content (AvgIpc) is 2.80. The molecule has 0 aliphatic carbocycles. The summed E-state index contributed by atoms with van der Waals surface area (Å²) >= 11 is 0. The molecule has 0 spiro atoms. The second-order valence-corrected chi connectivity index (χ2v) is 7.23. The highest BCUT2D eigenvalue weighted by molar-refractivity contribution is 6.16. The number of methoxy groups -OCH3 is 1. The van der Waals surface area contributed by atoms with Crippen molar-refractivity contribution < 1.29 is 4.74 Å². The number of nitrogens with two attached hydrogens (primary N) is 1. The van der Waals surface area contributed by atoms with Gasteiger partial charge in [0, 0.05) is 16.3 Å². The first-order valence-electron chi connectivity index (χ1n) is 9.74. The molecular weight excluding hydrogens is 372 g/mol. The standard InChI is InChI=1S/C26H20N2O2/c1-30-18-11-7-10-17(14-18)23-22-15-21(16-8-3-2-4-9-16)19-12-5-6-13-20(19)25(22)28-26(29)24(23)27/h2-15H,27H2,1H3,(H,28,29). The van der Waals surface area contributed by atoms with E-state index in [0.717, 1.165) is 43.9 Å². The number of pyridine rings is 1. The highest BCUT2D eigenvalue weighted by Gasteiger charge is 2.17. The van der Waals surface area contributed by atoms with Crippen molar-refractivity contribution in [2.75, 3.05) is 12.8 Å². The molecule has 4 aromatic carbocycles. The molecule has 0 unspecified atom stereocenters. The highest BCUT2D eigenvalue weighted by atomic mass is 16.5. The minimum Gasteiger partial charge on any atom is -0.497 e. The van der Waals surface area contributed by atoms with Crippen LogP contribution in [0.5, 0.6) is 5.75 Å². The van der Waals surface area contributed by atoms with Gasteiger partial charge in [-0.1, -0.05) is 66.7 Å². The van der Waals surface area contributed by atoms with Crippen LogP contribution < -0.4 is 16.0 Å². The fourth-order valence-electron chi connectivity index (χ4n) is 4.09. The molecule has 30 heavy (non-hydrogen) atoms. The van der Waals surface area contributed by atoms with Gasteiger partial charge in [-0.05, 0) is 40.3 Å². The summed E-state index contributed by atoms with van der Waals surface area (Å²) in [6.45, 7) is 0. The predicted molar refractivity (Wildman–Crippen MR) is 124 cm³/mol. The van der Waals surface area contributed by atoms with Crippen LogP contribution in [0.15, 0.2) is 89.7 Å². The zero-order valence-electron chi connectivity index (χ0n) is 16.5. The van der Waals surface area contributed by atoms with Crippen molar-refractivity contribution in [3.63, 3.8) is 0 Å². The Kier molecular flexibility index (Phi) is 4.25. The lowest BCUT2D eigenvalue weighted by molar-refractivity contribution is 0.415. The first kappa shape index (κ1) is 18.0. The molecule has 3 N–H and O–H groups in total. The topological polar surface area (TPSA) is 68.1 Å². The third-order valence-corrected chi connectivity index (χ3v) is 5.51. The fraction of sp³-hybridized carbons (Fsp3) is 0.0385. The molecule has 5 rings (SSSR count). The number of aromatic amines is 1. The third-order valence-electron chi connectivity index (χ3n) is 5.51. The maximum atomic E-state index is 12.8. The molecular formula is C26H20N2O2. The lowest BCUT2D eigenvalue weighted by Gasteiger charge is -2.16. The fourth-order valence-corrected chi connectivity index (χ4v) is 4.09. The van der Waals surface area contributed by atoms with Gasteiger partial charge in [0.25, 0.3) is 5.56 Å². The van der Waals surface area contributed by atoms with Crippen LogP contribution in [0.3, 0.4) is 0 Å². The van der Waals surface area contributed by atoms with Crippen LogP contribution in [0.4, 0.5) is 5.69 Å². The van der Waals surface area contributed by atoms with Gasteiger partial charge >= 0.3 is 0 Å². The van der Waals surface area contributed by atoms with Crippen LogP contribution in [0, 0.1) is 0 Å². The van der Waals surface area contributed by atoms with Gasteiger partial charge in [0.1, 0.15) is 11.4 Å². The number of rotatable bonds is 3. The van der Waals surface area contributed by atoms with E-state index in [-0.39, 0.29) is 11.2 Å². The molecule has 1 heterocycles. The number of hydrogen-bond acceptors (Lipinski definition) is 3. The third kappa shape index (κ3) is 2.81. The van der Waals surface area contributed by atoms with Crippen molar-refractivity contribution in [3.8, 4) is 28.0 Å². The smallest absolute Gasteiger partial charge is 0.272 e. The van der Waals surface area contributed by atoms with Crippen LogP contribution in [0.25, 0.3) is 43.9 Å². The predicted octanol–water partition coefficient (Wildman–Crippen LogP) is 5.61. The molecule has 0 aliphatic rings. The summed E-state index contributed by atoms with van der Waals surface area (Å²) in [7, 11) is 1.62. The summed E-state index contributed by atoms with van der Waals surface area (Å²) in [5, 5.41) is 2.96. The molecule has 0 saturated carbocycles. The van der Waals surface area contributed by atoms with Crippen molar-refractivity contribution in [1.82, 2.24) is 4.98 Å². The molecule has 0 aliphatic heterocycles. The maximum absolute atomic E-state index is 12.8. The quantitative estimate of drug-likeness (QED) is 0.392. The summed E-state index contributed by atoms with van der Waals surface area (Å²) in [4.78, 5) is 15.8. The van der Waals surface area contributed by atoms with Crippen LogP contribution in [0.2, 0.25) is 0 Å². The minimum absolute atomic E-state index is 0.199. The maximum Gasteiger partial charge on any atom is 0.272 e. The number of anilines is 1. The van der Waals surface area contributed by atoms with Gasteiger partial charge in [-0.2, -0.15) is 0 Å². The highest BCUT2D eigenvalue weighted by Crippen LogP contribution is 2.39. The Morgan fingerprint density at radius 2 is 1.47 bits per heavy atom. The van der Waals surface area contributed by atoms with E-state index in [1.54, 1.807) is 7.11 Å². The molecule has 1 aromatic heterocycles. The van der Waals surface area contributed by atoms with Crippen molar-refractivity contribution in [2.24, 2.45) is 0 Å². The summed E-state index contributed by atoms with van der Waals surface area (Å²) in [5.74, 6) is 0.712. The average molecular weight is 392 g/mol. The number of ether oxygens (including phenoxy) is 1. The van der Waals surface area contributed by atoms with E-state index in [0.29, 0.717) is 5.75 Å². The van der Waals surface area contributed by atoms with Crippen molar-refractivity contribution in [1.29, 1.82) is 0 Å². The van der Waals surface area contributed by atoms with Gasteiger partial charge in [-0.15, -0.1) is 0 Å². The van der Waals surface area contributed by atoms with E-state index >= 15 is 0 Å². The van der Waals surface area contributed by atoms with Crippen molar-refractivity contribution >= 4 is 27.4 Å². The van der Waals surface area contributed by atoms with E-state index in [1.165, 1.54) is 0 Å². The molecule has 4 heteroatoms. The summed E-state index contributed by atoms with van der Waals surface area (Å²) in [6.07, 6.45) is 0. The molecule has 0 radical (unpaired) electrons. The largest absolute Gasteiger partial charge is 0.497 e. The Morgan fingerprint density at radius 1 is 0.767 bits per heavy atom. The number of nitrogen functional groups attached to an aromatic ring is 1. The van der Waals surface area contributed by atoms with E-state index in [4.69, 9.17) is 10.5 Å². The Balaban J connectivity index is 1.97. The molecule has 4 nitrogen and oxygen atoms in total. The number of fused-ring (bicyclic) bond motifs is 3. The second kappa shape index (κ2) is 7.08. The number of hydrogen-bond donors (Lipinski definition) is 2. The van der Waals surface area contributed by atoms with Gasteiger partial charge in [-0.3, -0.25) is 4.79 Å². The molecule has 146 valence electrons. The van der Waals surface area contributed by atoms with E-state index in [2.05, 4.69) is 29.2 Å². The van der Waals surface area contributed by atoms with Gasteiger partial charge in [0.15, 0.2) is 0 Å². The molecule has 5 aromatic rings. The molecule has 0 atom stereocenters. The Labute approximate surface area is 173 Å². The van der Waals surface area contributed by atoms with Gasteiger partial charge < -0.3 is 15.5 Å². The van der Waals surface area contributed by atoms with Crippen LogP contribution >= 0.6 is 0 Å². The first-order valence-corrected chi connectivity index (χ1v) is 9.74. The van der Waals surface area contributed by atoms with Crippen molar-refractivity contribution in [2.45, 2.75) is 0 Å². The number of nitrogens with one attached hydrogen (secondary N) is 1. The van der Waals surface area contributed by atoms with Gasteiger partial charge in [-0.25, -0.2) is 0 Å². The normalized spacial score (nSPS) is 11.1. The zero-order chi connectivity index (χ0) is 20.7. The van der Waals surface area contributed by atoms with Crippen molar-refractivity contribution in [3.05, 3.63) is 95.3 Å². The monoisotopic (exact) mass is 392 g/mol. The van der Waals surface area contributed by atoms with E-state index in [9.17, 15) is 4.79 Å².